The Labute approximate surface area is 185 Å². The van der Waals surface area contributed by atoms with Gasteiger partial charge in [-0.1, -0.05) is 0 Å². The number of carbonyl (C=O) groups excluding carboxylic acids is 1. The highest BCUT2D eigenvalue weighted by molar-refractivity contribution is 6.06. The molecule has 0 atom stereocenters. The Morgan fingerprint density at radius 2 is 1.67 bits per heavy atom. The fourth-order valence-corrected chi connectivity index (χ4v) is 4.05. The Bertz CT molecular complexity index is 1430. The average molecular weight is 455 g/mol. The fraction of sp³-hybridized carbons (Fsp3) is 0.217. The Balaban J connectivity index is 1.52. The van der Waals surface area contributed by atoms with Gasteiger partial charge in [0.15, 0.2) is 0 Å². The monoisotopic (exact) mass is 455 g/mol. The predicted molar refractivity (Wildman–Crippen MR) is 113 cm³/mol. The van der Waals surface area contributed by atoms with Crippen molar-refractivity contribution < 1.29 is 22.4 Å². The van der Waals surface area contributed by atoms with Gasteiger partial charge in [-0.2, -0.15) is 18.3 Å². The molecule has 0 saturated carbocycles. The summed E-state index contributed by atoms with van der Waals surface area (Å²) in [7, 11) is 0. The molecule has 4 aromatic rings. The number of carbonyl (C=O) groups is 1. The standard InChI is InChI=1S/C23H17F4N5O/c1-12-9-19(31-7-8-32-21(22(31)33)13(2)11-28-32)15(24)10-14(12)16-3-4-18-17(29-16)5-6-20(30-18)23(25,26)27/h3-6,9-11H,7-8H2,1-2H3. The summed E-state index contributed by atoms with van der Waals surface area (Å²) in [5.74, 6) is -0.917. The van der Waals surface area contributed by atoms with Crippen LogP contribution in [-0.2, 0) is 12.7 Å². The van der Waals surface area contributed by atoms with Gasteiger partial charge in [0.2, 0.25) is 0 Å². The molecule has 168 valence electrons. The van der Waals surface area contributed by atoms with Gasteiger partial charge in [0.05, 0.1) is 35.2 Å². The molecule has 0 N–H and O–H groups in total. The summed E-state index contributed by atoms with van der Waals surface area (Å²) in [6.07, 6.45) is -2.94. The van der Waals surface area contributed by atoms with Gasteiger partial charge in [-0.25, -0.2) is 14.4 Å². The molecule has 1 amide bonds. The van der Waals surface area contributed by atoms with E-state index in [9.17, 15) is 18.0 Å². The van der Waals surface area contributed by atoms with E-state index in [2.05, 4.69) is 15.1 Å². The predicted octanol–water partition coefficient (Wildman–Crippen LogP) is 4.93. The molecule has 0 aliphatic carbocycles. The molecule has 5 rings (SSSR count). The summed E-state index contributed by atoms with van der Waals surface area (Å²) in [5.41, 5.74) is 2.21. The number of rotatable bonds is 2. The highest BCUT2D eigenvalue weighted by atomic mass is 19.4. The van der Waals surface area contributed by atoms with Crippen molar-refractivity contribution in [1.29, 1.82) is 0 Å². The second kappa shape index (κ2) is 7.36. The molecule has 0 fully saturated rings. The van der Waals surface area contributed by atoms with Crippen LogP contribution in [0.2, 0.25) is 0 Å². The highest BCUT2D eigenvalue weighted by Gasteiger charge is 2.33. The van der Waals surface area contributed by atoms with Crippen molar-refractivity contribution in [3.05, 3.63) is 70.9 Å². The van der Waals surface area contributed by atoms with Crippen molar-refractivity contribution in [3.8, 4) is 11.3 Å². The van der Waals surface area contributed by atoms with Crippen LogP contribution in [0.5, 0.6) is 0 Å². The summed E-state index contributed by atoms with van der Waals surface area (Å²) >= 11 is 0. The maximum atomic E-state index is 15.2. The fourth-order valence-electron chi connectivity index (χ4n) is 4.05. The summed E-state index contributed by atoms with van der Waals surface area (Å²) < 4.78 is 55.5. The molecule has 4 heterocycles. The molecule has 10 heteroatoms. The molecular formula is C23H17F4N5O. The van der Waals surface area contributed by atoms with E-state index < -0.39 is 17.7 Å². The van der Waals surface area contributed by atoms with E-state index in [0.29, 0.717) is 29.1 Å². The Kier molecular flexibility index (Phi) is 4.70. The van der Waals surface area contributed by atoms with E-state index in [1.165, 1.54) is 29.2 Å². The van der Waals surface area contributed by atoms with Gasteiger partial charge in [-0.15, -0.1) is 0 Å². The second-order valence-electron chi connectivity index (χ2n) is 7.90. The van der Waals surface area contributed by atoms with E-state index in [-0.39, 0.29) is 29.2 Å². The lowest BCUT2D eigenvalue weighted by Gasteiger charge is -2.29. The van der Waals surface area contributed by atoms with E-state index in [0.717, 1.165) is 11.6 Å². The van der Waals surface area contributed by atoms with E-state index >= 15 is 4.39 Å². The van der Waals surface area contributed by atoms with Crippen molar-refractivity contribution in [2.75, 3.05) is 11.4 Å². The van der Waals surface area contributed by atoms with Crippen LogP contribution in [0.15, 0.2) is 42.6 Å². The summed E-state index contributed by atoms with van der Waals surface area (Å²) in [4.78, 5) is 22.3. The van der Waals surface area contributed by atoms with Crippen molar-refractivity contribution in [3.63, 3.8) is 0 Å². The van der Waals surface area contributed by atoms with E-state index in [1.807, 2.05) is 0 Å². The number of benzene rings is 1. The third kappa shape index (κ3) is 3.51. The number of aryl methyl sites for hydroxylation is 2. The first-order chi connectivity index (χ1) is 15.6. The smallest absolute Gasteiger partial charge is 0.302 e. The molecule has 6 nitrogen and oxygen atoms in total. The van der Waals surface area contributed by atoms with Crippen molar-refractivity contribution in [2.45, 2.75) is 26.6 Å². The van der Waals surface area contributed by atoms with Crippen molar-refractivity contribution >= 4 is 22.6 Å². The summed E-state index contributed by atoms with van der Waals surface area (Å²) in [5, 5.41) is 4.17. The van der Waals surface area contributed by atoms with Crippen LogP contribution in [0, 0.1) is 19.7 Å². The number of aromatic nitrogens is 4. The summed E-state index contributed by atoms with van der Waals surface area (Å²) in [6, 6.07) is 7.92. The van der Waals surface area contributed by atoms with Gasteiger partial charge in [0.1, 0.15) is 17.2 Å². The number of amides is 1. The lowest BCUT2D eigenvalue weighted by atomic mass is 10.0. The molecule has 1 aliphatic heterocycles. The number of nitrogens with zero attached hydrogens (tertiary/aromatic N) is 5. The zero-order chi connectivity index (χ0) is 23.5. The van der Waals surface area contributed by atoms with Crippen LogP contribution in [0.4, 0.5) is 23.2 Å². The largest absolute Gasteiger partial charge is 0.433 e. The Morgan fingerprint density at radius 1 is 0.939 bits per heavy atom. The molecule has 0 saturated heterocycles. The third-order valence-electron chi connectivity index (χ3n) is 5.70. The van der Waals surface area contributed by atoms with Crippen LogP contribution < -0.4 is 4.90 Å². The van der Waals surface area contributed by atoms with Gasteiger partial charge < -0.3 is 4.90 Å². The van der Waals surface area contributed by atoms with Gasteiger partial charge in [0, 0.05) is 17.7 Å². The first kappa shape index (κ1) is 21.0. The summed E-state index contributed by atoms with van der Waals surface area (Å²) in [6.45, 7) is 4.28. The molecule has 0 spiro atoms. The van der Waals surface area contributed by atoms with Crippen LogP contribution in [-0.4, -0.2) is 32.2 Å². The molecule has 1 aliphatic rings. The first-order valence-corrected chi connectivity index (χ1v) is 10.1. The van der Waals surface area contributed by atoms with Crippen LogP contribution in [0.1, 0.15) is 27.3 Å². The maximum absolute atomic E-state index is 15.2. The molecule has 0 radical (unpaired) electrons. The van der Waals surface area contributed by atoms with Crippen LogP contribution >= 0.6 is 0 Å². The molecule has 1 aromatic carbocycles. The number of alkyl halides is 3. The molecule has 0 bridgehead atoms. The maximum Gasteiger partial charge on any atom is 0.433 e. The molecular weight excluding hydrogens is 438 g/mol. The Morgan fingerprint density at radius 3 is 2.42 bits per heavy atom. The minimum atomic E-state index is -4.55. The zero-order valence-corrected chi connectivity index (χ0v) is 17.6. The number of fused-ring (bicyclic) bond motifs is 2. The van der Waals surface area contributed by atoms with E-state index in [4.69, 9.17) is 0 Å². The van der Waals surface area contributed by atoms with Gasteiger partial charge >= 0.3 is 6.18 Å². The van der Waals surface area contributed by atoms with Gasteiger partial charge in [-0.3, -0.25) is 9.48 Å². The topological polar surface area (TPSA) is 63.9 Å². The van der Waals surface area contributed by atoms with Crippen LogP contribution in [0.25, 0.3) is 22.3 Å². The number of pyridine rings is 2. The second-order valence-corrected chi connectivity index (χ2v) is 7.90. The number of halogens is 4. The van der Waals surface area contributed by atoms with Crippen molar-refractivity contribution in [1.82, 2.24) is 19.7 Å². The molecule has 3 aromatic heterocycles. The quantitative estimate of drug-likeness (QED) is 0.402. The molecule has 33 heavy (non-hydrogen) atoms. The van der Waals surface area contributed by atoms with Gasteiger partial charge in [0.25, 0.3) is 5.91 Å². The normalized spacial score (nSPS) is 14.1. The minimum Gasteiger partial charge on any atom is -0.302 e. The lowest BCUT2D eigenvalue weighted by Crippen LogP contribution is -2.41. The van der Waals surface area contributed by atoms with Gasteiger partial charge in [-0.05, 0) is 55.8 Å². The minimum absolute atomic E-state index is 0.0919. The Hall–Kier alpha value is -3.82. The molecule has 0 unspecified atom stereocenters. The first-order valence-electron chi connectivity index (χ1n) is 10.1. The van der Waals surface area contributed by atoms with Crippen LogP contribution in [0.3, 0.4) is 0 Å². The van der Waals surface area contributed by atoms with Crippen molar-refractivity contribution in [2.24, 2.45) is 0 Å². The number of hydrogen-bond donors (Lipinski definition) is 0. The number of hydrogen-bond acceptors (Lipinski definition) is 4. The van der Waals surface area contributed by atoms with E-state index in [1.54, 1.807) is 30.8 Å². The number of anilines is 1. The lowest BCUT2D eigenvalue weighted by molar-refractivity contribution is -0.140. The SMILES string of the molecule is Cc1cc(N2CCn3ncc(C)c3C2=O)c(F)cc1-c1ccc2nc(C(F)(F)F)ccc2n1. The third-order valence-corrected chi connectivity index (χ3v) is 5.70. The highest BCUT2D eigenvalue weighted by Crippen LogP contribution is 2.33. The zero-order valence-electron chi connectivity index (χ0n) is 17.6. The average Bonchev–Trinajstić information content (AvgIpc) is 3.16.